The Hall–Kier alpha value is -1.81. The van der Waals surface area contributed by atoms with Gasteiger partial charge in [-0.25, -0.2) is 0 Å². The van der Waals surface area contributed by atoms with Gasteiger partial charge in [0.2, 0.25) is 0 Å². The Bertz CT molecular complexity index is 609. The molecule has 0 bridgehead atoms. The molecule has 4 heteroatoms. The van der Waals surface area contributed by atoms with Crippen LogP contribution in [-0.4, -0.2) is 12.9 Å². The Morgan fingerprint density at radius 3 is 2.50 bits per heavy atom. The lowest BCUT2D eigenvalue weighted by molar-refractivity contribution is 0.101. The zero-order valence-electron chi connectivity index (χ0n) is 11.4. The molecule has 2 aromatic carbocycles. The van der Waals surface area contributed by atoms with Crippen molar-refractivity contribution < 1.29 is 14.3 Å². The Balaban J connectivity index is 2.21. The molecular weight excluding hydrogens is 320 g/mol. The highest BCUT2D eigenvalue weighted by Crippen LogP contribution is 2.33. The van der Waals surface area contributed by atoms with Crippen molar-refractivity contribution in [2.75, 3.05) is 7.11 Å². The molecule has 20 heavy (non-hydrogen) atoms. The Labute approximate surface area is 126 Å². The van der Waals surface area contributed by atoms with Crippen LogP contribution in [0.4, 0.5) is 0 Å². The van der Waals surface area contributed by atoms with Crippen LogP contribution in [0.25, 0.3) is 0 Å². The van der Waals surface area contributed by atoms with Crippen LogP contribution in [0.1, 0.15) is 22.8 Å². The SMILES string of the molecule is COc1cc(OCc2ccccc2)cc(Br)c1C(C)=O. The highest BCUT2D eigenvalue weighted by molar-refractivity contribution is 9.10. The van der Waals surface area contributed by atoms with Gasteiger partial charge in [0.1, 0.15) is 18.1 Å². The summed E-state index contributed by atoms with van der Waals surface area (Å²) in [5, 5.41) is 0. The molecule has 2 aromatic rings. The summed E-state index contributed by atoms with van der Waals surface area (Å²) < 4.78 is 11.7. The number of rotatable bonds is 5. The van der Waals surface area contributed by atoms with Crippen LogP contribution in [0.5, 0.6) is 11.5 Å². The summed E-state index contributed by atoms with van der Waals surface area (Å²) in [5.74, 6) is 1.11. The van der Waals surface area contributed by atoms with E-state index >= 15 is 0 Å². The smallest absolute Gasteiger partial charge is 0.164 e. The average Bonchev–Trinajstić information content (AvgIpc) is 2.45. The first-order valence-corrected chi connectivity index (χ1v) is 6.96. The molecule has 0 aliphatic rings. The maximum Gasteiger partial charge on any atom is 0.164 e. The highest BCUT2D eigenvalue weighted by Gasteiger charge is 2.14. The normalized spacial score (nSPS) is 10.2. The van der Waals surface area contributed by atoms with Crippen LogP contribution < -0.4 is 9.47 Å². The predicted molar refractivity (Wildman–Crippen MR) is 81.5 cm³/mol. The monoisotopic (exact) mass is 334 g/mol. The topological polar surface area (TPSA) is 35.5 Å². The van der Waals surface area contributed by atoms with Crippen LogP contribution in [-0.2, 0) is 6.61 Å². The van der Waals surface area contributed by atoms with Crippen molar-refractivity contribution in [1.29, 1.82) is 0 Å². The van der Waals surface area contributed by atoms with Crippen molar-refractivity contribution in [2.45, 2.75) is 13.5 Å². The molecule has 0 heterocycles. The lowest BCUT2D eigenvalue weighted by Crippen LogP contribution is -2.01. The number of hydrogen-bond acceptors (Lipinski definition) is 3. The van der Waals surface area contributed by atoms with Crippen LogP contribution in [0.2, 0.25) is 0 Å². The Kier molecular flexibility index (Phi) is 4.79. The molecule has 2 rings (SSSR count). The third-order valence-corrected chi connectivity index (χ3v) is 3.47. The number of carbonyl (C=O) groups excluding carboxylic acids is 1. The second-order valence-corrected chi connectivity index (χ2v) is 5.17. The van der Waals surface area contributed by atoms with E-state index in [9.17, 15) is 4.79 Å². The van der Waals surface area contributed by atoms with Gasteiger partial charge < -0.3 is 9.47 Å². The second-order valence-electron chi connectivity index (χ2n) is 4.31. The minimum absolute atomic E-state index is 0.0525. The zero-order valence-corrected chi connectivity index (χ0v) is 12.9. The summed E-state index contributed by atoms with van der Waals surface area (Å²) in [4.78, 5) is 11.6. The number of benzene rings is 2. The van der Waals surface area contributed by atoms with Crippen LogP contribution in [0.15, 0.2) is 46.9 Å². The van der Waals surface area contributed by atoms with Crippen molar-refractivity contribution in [3.8, 4) is 11.5 Å². The third kappa shape index (κ3) is 3.39. The number of halogens is 1. The van der Waals surface area contributed by atoms with Crippen LogP contribution in [0, 0.1) is 0 Å². The average molecular weight is 335 g/mol. The summed E-state index contributed by atoms with van der Waals surface area (Å²) in [6.45, 7) is 1.98. The van der Waals surface area contributed by atoms with Gasteiger partial charge in [-0.1, -0.05) is 30.3 Å². The molecule has 0 N–H and O–H groups in total. The number of ether oxygens (including phenoxy) is 2. The molecule has 104 valence electrons. The quantitative estimate of drug-likeness (QED) is 0.767. The minimum atomic E-state index is -0.0525. The van der Waals surface area contributed by atoms with Gasteiger partial charge in [0, 0.05) is 10.5 Å². The molecule has 0 aromatic heterocycles. The van der Waals surface area contributed by atoms with Gasteiger partial charge in [-0.15, -0.1) is 0 Å². The van der Waals surface area contributed by atoms with Crippen molar-refractivity contribution in [3.05, 3.63) is 58.1 Å². The molecule has 0 aliphatic heterocycles. The van der Waals surface area contributed by atoms with Gasteiger partial charge in [0.15, 0.2) is 5.78 Å². The van der Waals surface area contributed by atoms with Crippen molar-refractivity contribution in [3.63, 3.8) is 0 Å². The molecule has 0 aliphatic carbocycles. The van der Waals surface area contributed by atoms with Gasteiger partial charge in [-0.2, -0.15) is 0 Å². The molecule has 0 spiro atoms. The molecule has 0 saturated carbocycles. The first-order chi connectivity index (χ1) is 9.61. The van der Waals surface area contributed by atoms with Crippen molar-refractivity contribution in [1.82, 2.24) is 0 Å². The van der Waals surface area contributed by atoms with E-state index in [0.29, 0.717) is 28.1 Å². The Morgan fingerprint density at radius 2 is 1.90 bits per heavy atom. The van der Waals surface area contributed by atoms with E-state index in [1.807, 2.05) is 30.3 Å². The first kappa shape index (κ1) is 14.6. The first-order valence-electron chi connectivity index (χ1n) is 6.17. The van der Waals surface area contributed by atoms with Crippen molar-refractivity contribution >= 4 is 21.7 Å². The molecule has 0 atom stereocenters. The van der Waals surface area contributed by atoms with Gasteiger partial charge in [0.25, 0.3) is 0 Å². The van der Waals surface area contributed by atoms with E-state index in [1.165, 1.54) is 14.0 Å². The van der Waals surface area contributed by atoms with Crippen LogP contribution >= 0.6 is 15.9 Å². The van der Waals surface area contributed by atoms with E-state index < -0.39 is 0 Å². The van der Waals surface area contributed by atoms with E-state index in [0.717, 1.165) is 5.56 Å². The summed E-state index contributed by atoms with van der Waals surface area (Å²) in [7, 11) is 1.54. The maximum absolute atomic E-state index is 11.6. The molecule has 3 nitrogen and oxygen atoms in total. The maximum atomic E-state index is 11.6. The molecule has 0 radical (unpaired) electrons. The predicted octanol–water partition coefficient (Wildman–Crippen LogP) is 4.24. The number of carbonyl (C=O) groups is 1. The van der Waals surface area contributed by atoms with Gasteiger partial charge in [-0.05, 0) is 34.5 Å². The van der Waals surface area contributed by atoms with E-state index in [2.05, 4.69) is 15.9 Å². The Morgan fingerprint density at radius 1 is 1.20 bits per heavy atom. The zero-order chi connectivity index (χ0) is 14.5. The van der Waals surface area contributed by atoms with Gasteiger partial charge in [-0.3, -0.25) is 4.79 Å². The minimum Gasteiger partial charge on any atom is -0.496 e. The summed E-state index contributed by atoms with van der Waals surface area (Å²) >= 11 is 3.38. The summed E-state index contributed by atoms with van der Waals surface area (Å²) in [5.41, 5.74) is 1.61. The molecule has 0 fully saturated rings. The second kappa shape index (κ2) is 6.57. The van der Waals surface area contributed by atoms with Gasteiger partial charge >= 0.3 is 0 Å². The summed E-state index contributed by atoms with van der Waals surface area (Å²) in [6, 6.07) is 13.4. The lowest BCUT2D eigenvalue weighted by atomic mass is 10.1. The molecular formula is C16H15BrO3. The number of hydrogen-bond donors (Lipinski definition) is 0. The fourth-order valence-corrected chi connectivity index (χ4v) is 2.58. The molecule has 0 unspecified atom stereocenters. The molecule has 0 saturated heterocycles. The highest BCUT2D eigenvalue weighted by atomic mass is 79.9. The fourth-order valence-electron chi connectivity index (χ4n) is 1.88. The number of Topliss-reactive ketones (excluding diaryl/α,β-unsaturated/α-hetero) is 1. The molecule has 0 amide bonds. The van der Waals surface area contributed by atoms with E-state index in [4.69, 9.17) is 9.47 Å². The number of ketones is 1. The van der Waals surface area contributed by atoms with Crippen molar-refractivity contribution in [2.24, 2.45) is 0 Å². The van der Waals surface area contributed by atoms with Crippen LogP contribution in [0.3, 0.4) is 0 Å². The third-order valence-electron chi connectivity index (χ3n) is 2.85. The standard InChI is InChI=1S/C16H15BrO3/c1-11(18)16-14(17)8-13(9-15(16)19-2)20-10-12-6-4-3-5-7-12/h3-9H,10H2,1-2H3. The van der Waals surface area contributed by atoms with Gasteiger partial charge in [0.05, 0.1) is 12.7 Å². The van der Waals surface area contributed by atoms with E-state index in [1.54, 1.807) is 12.1 Å². The summed E-state index contributed by atoms with van der Waals surface area (Å²) in [6.07, 6.45) is 0. The largest absolute Gasteiger partial charge is 0.496 e. The lowest BCUT2D eigenvalue weighted by Gasteiger charge is -2.12. The van der Waals surface area contributed by atoms with E-state index in [-0.39, 0.29) is 5.78 Å². The fraction of sp³-hybridized carbons (Fsp3) is 0.188. The number of methoxy groups -OCH3 is 1.